The van der Waals surface area contributed by atoms with Crippen molar-refractivity contribution in [1.29, 1.82) is 0 Å². The van der Waals surface area contributed by atoms with Gasteiger partial charge in [-0.05, 0) is 25.9 Å². The third-order valence-electron chi connectivity index (χ3n) is 2.66. The van der Waals surface area contributed by atoms with Gasteiger partial charge in [0.25, 0.3) is 0 Å². The number of hydrogen-bond acceptors (Lipinski definition) is 4. The van der Waals surface area contributed by atoms with Crippen LogP contribution in [0.1, 0.15) is 12.8 Å². The molecule has 0 bridgehead atoms. The third kappa shape index (κ3) is 3.18. The molecular weight excluding hydrogens is 208 g/mol. The summed E-state index contributed by atoms with van der Waals surface area (Å²) in [6.45, 7) is 3.44. The average molecular weight is 228 g/mol. The maximum atomic E-state index is 11.7. The Hall–Kier alpha value is -1.14. The summed E-state index contributed by atoms with van der Waals surface area (Å²) >= 11 is 0. The lowest BCUT2D eigenvalue weighted by Crippen LogP contribution is -2.54. The molecule has 0 aliphatic carbocycles. The number of piperazine rings is 1. The monoisotopic (exact) mass is 228 g/mol. The summed E-state index contributed by atoms with van der Waals surface area (Å²) in [4.78, 5) is 26.5. The summed E-state index contributed by atoms with van der Waals surface area (Å²) in [5, 5.41) is 0. The van der Waals surface area contributed by atoms with Crippen molar-refractivity contribution in [3.05, 3.63) is 0 Å². The van der Waals surface area contributed by atoms with E-state index >= 15 is 0 Å². The Morgan fingerprint density at radius 2 is 1.25 bits per heavy atom. The molecule has 0 spiro atoms. The number of nitrogens with two attached hydrogens (primary N) is 2. The zero-order chi connectivity index (χ0) is 12.0. The van der Waals surface area contributed by atoms with Gasteiger partial charge in [0, 0.05) is 26.2 Å². The summed E-state index contributed by atoms with van der Waals surface area (Å²) in [5.74, 6) is -0.812. The summed E-state index contributed by atoms with van der Waals surface area (Å²) in [6.07, 6.45) is 1.48. The molecule has 92 valence electrons. The van der Waals surface area contributed by atoms with E-state index in [1.54, 1.807) is 9.80 Å². The molecule has 1 fully saturated rings. The van der Waals surface area contributed by atoms with Crippen molar-refractivity contribution in [3.63, 3.8) is 0 Å². The second kappa shape index (κ2) is 6.44. The fourth-order valence-electron chi connectivity index (χ4n) is 1.71. The highest BCUT2D eigenvalue weighted by molar-refractivity contribution is 6.35. The number of amides is 2. The molecule has 0 aromatic heterocycles. The zero-order valence-electron chi connectivity index (χ0n) is 9.52. The topological polar surface area (TPSA) is 92.7 Å². The normalized spacial score (nSPS) is 17.1. The molecule has 2 amide bonds. The predicted octanol–water partition coefficient (Wildman–Crippen LogP) is -1.65. The van der Waals surface area contributed by atoms with Crippen LogP contribution in [0.3, 0.4) is 0 Å². The van der Waals surface area contributed by atoms with Gasteiger partial charge >= 0.3 is 11.8 Å². The van der Waals surface area contributed by atoms with E-state index in [0.717, 1.165) is 12.8 Å². The minimum atomic E-state index is -0.406. The van der Waals surface area contributed by atoms with Gasteiger partial charge < -0.3 is 21.3 Å². The molecule has 6 heteroatoms. The van der Waals surface area contributed by atoms with Crippen molar-refractivity contribution in [2.24, 2.45) is 11.5 Å². The highest BCUT2D eigenvalue weighted by Gasteiger charge is 2.31. The van der Waals surface area contributed by atoms with Crippen LogP contribution in [0.5, 0.6) is 0 Å². The van der Waals surface area contributed by atoms with Crippen molar-refractivity contribution in [2.75, 3.05) is 39.3 Å². The summed E-state index contributed by atoms with van der Waals surface area (Å²) in [7, 11) is 0. The smallest absolute Gasteiger partial charge is 0.312 e. The Bertz CT molecular complexity index is 231. The number of carbonyl (C=O) groups is 2. The fraction of sp³-hybridized carbons (Fsp3) is 0.800. The van der Waals surface area contributed by atoms with E-state index in [-0.39, 0.29) is 0 Å². The highest BCUT2D eigenvalue weighted by Crippen LogP contribution is 2.06. The lowest BCUT2D eigenvalue weighted by molar-refractivity contribution is -0.156. The maximum Gasteiger partial charge on any atom is 0.312 e. The van der Waals surface area contributed by atoms with E-state index in [2.05, 4.69) is 0 Å². The van der Waals surface area contributed by atoms with Crippen LogP contribution in [0, 0.1) is 0 Å². The van der Waals surface area contributed by atoms with Crippen LogP contribution < -0.4 is 11.5 Å². The zero-order valence-corrected chi connectivity index (χ0v) is 9.52. The summed E-state index contributed by atoms with van der Waals surface area (Å²) < 4.78 is 0. The summed E-state index contributed by atoms with van der Waals surface area (Å²) in [6, 6.07) is 0. The molecule has 1 aliphatic rings. The van der Waals surface area contributed by atoms with E-state index < -0.39 is 11.8 Å². The Kier molecular flexibility index (Phi) is 5.21. The van der Waals surface area contributed by atoms with Crippen LogP contribution in [-0.4, -0.2) is 60.9 Å². The first-order valence-electron chi connectivity index (χ1n) is 5.69. The van der Waals surface area contributed by atoms with E-state index in [0.29, 0.717) is 39.3 Å². The molecule has 0 saturated carbocycles. The molecule has 4 N–H and O–H groups in total. The molecule has 0 aromatic rings. The molecule has 1 heterocycles. The molecule has 6 nitrogen and oxygen atoms in total. The van der Waals surface area contributed by atoms with E-state index in [9.17, 15) is 9.59 Å². The lowest BCUT2D eigenvalue weighted by Gasteiger charge is -2.33. The Morgan fingerprint density at radius 1 is 0.875 bits per heavy atom. The number of carbonyl (C=O) groups excluding carboxylic acids is 2. The second-order valence-corrected chi connectivity index (χ2v) is 3.87. The van der Waals surface area contributed by atoms with Gasteiger partial charge in [0.15, 0.2) is 0 Å². The highest BCUT2D eigenvalue weighted by atomic mass is 16.2. The first-order chi connectivity index (χ1) is 7.70. The SMILES string of the molecule is NCCCN1CCN(CCCN)C(=O)C1=O. The Balaban J connectivity index is 2.45. The Labute approximate surface area is 95.5 Å². The van der Waals surface area contributed by atoms with Crippen LogP contribution in [0.15, 0.2) is 0 Å². The Morgan fingerprint density at radius 3 is 1.56 bits per heavy atom. The molecule has 1 rings (SSSR count). The molecule has 0 atom stereocenters. The molecule has 1 aliphatic heterocycles. The quantitative estimate of drug-likeness (QED) is 0.533. The van der Waals surface area contributed by atoms with Gasteiger partial charge in [-0.15, -0.1) is 0 Å². The minimum absolute atomic E-state index is 0.406. The van der Waals surface area contributed by atoms with E-state index in [1.807, 2.05) is 0 Å². The second-order valence-electron chi connectivity index (χ2n) is 3.87. The van der Waals surface area contributed by atoms with Gasteiger partial charge in [-0.1, -0.05) is 0 Å². The molecular formula is C10H20N4O2. The molecule has 1 saturated heterocycles. The van der Waals surface area contributed by atoms with Crippen LogP contribution in [0.25, 0.3) is 0 Å². The average Bonchev–Trinajstić information content (AvgIpc) is 2.30. The van der Waals surface area contributed by atoms with Crippen molar-refractivity contribution >= 4 is 11.8 Å². The van der Waals surface area contributed by atoms with Crippen LogP contribution in [0.2, 0.25) is 0 Å². The van der Waals surface area contributed by atoms with Gasteiger partial charge in [0.05, 0.1) is 0 Å². The van der Waals surface area contributed by atoms with Crippen molar-refractivity contribution in [3.8, 4) is 0 Å². The van der Waals surface area contributed by atoms with Gasteiger partial charge in [-0.25, -0.2) is 0 Å². The van der Waals surface area contributed by atoms with Gasteiger partial charge in [0.1, 0.15) is 0 Å². The maximum absolute atomic E-state index is 11.7. The standard InChI is InChI=1S/C10H20N4O2/c11-3-1-5-13-7-8-14(6-2-4-12)10(16)9(13)15/h1-8,11-12H2. The third-order valence-corrected chi connectivity index (χ3v) is 2.66. The number of hydrogen-bond donors (Lipinski definition) is 2. The minimum Gasteiger partial charge on any atom is -0.333 e. The largest absolute Gasteiger partial charge is 0.333 e. The lowest BCUT2D eigenvalue weighted by atomic mass is 10.2. The predicted molar refractivity (Wildman–Crippen MR) is 60.5 cm³/mol. The fourth-order valence-corrected chi connectivity index (χ4v) is 1.71. The van der Waals surface area contributed by atoms with Gasteiger partial charge in [0.2, 0.25) is 0 Å². The molecule has 0 radical (unpaired) electrons. The van der Waals surface area contributed by atoms with Crippen molar-refractivity contribution < 1.29 is 9.59 Å². The molecule has 0 aromatic carbocycles. The first-order valence-corrected chi connectivity index (χ1v) is 5.69. The van der Waals surface area contributed by atoms with Gasteiger partial charge in [-0.2, -0.15) is 0 Å². The van der Waals surface area contributed by atoms with Crippen LogP contribution in [0.4, 0.5) is 0 Å². The number of nitrogens with zero attached hydrogens (tertiary/aromatic N) is 2. The van der Waals surface area contributed by atoms with Crippen molar-refractivity contribution in [1.82, 2.24) is 9.80 Å². The van der Waals surface area contributed by atoms with E-state index in [1.165, 1.54) is 0 Å². The number of rotatable bonds is 6. The first kappa shape index (κ1) is 12.9. The van der Waals surface area contributed by atoms with Crippen molar-refractivity contribution in [2.45, 2.75) is 12.8 Å². The summed E-state index contributed by atoms with van der Waals surface area (Å²) in [5.41, 5.74) is 10.7. The molecule has 0 unspecified atom stereocenters. The molecule has 16 heavy (non-hydrogen) atoms. The van der Waals surface area contributed by atoms with Crippen LogP contribution >= 0.6 is 0 Å². The van der Waals surface area contributed by atoms with Crippen LogP contribution in [-0.2, 0) is 9.59 Å². The van der Waals surface area contributed by atoms with Gasteiger partial charge in [-0.3, -0.25) is 9.59 Å². The van der Waals surface area contributed by atoms with E-state index in [4.69, 9.17) is 11.5 Å².